The van der Waals surface area contributed by atoms with Crippen molar-refractivity contribution in [2.75, 3.05) is 24.7 Å². The fourth-order valence-electron chi connectivity index (χ4n) is 1.35. The molecule has 0 bridgehead atoms. The number of aryl methyl sites for hydroxylation is 1. The molecular formula is C13H20O4S. The van der Waals surface area contributed by atoms with Gasteiger partial charge in [0.1, 0.15) is 12.4 Å². The zero-order valence-corrected chi connectivity index (χ0v) is 11.3. The highest BCUT2D eigenvalue weighted by Crippen LogP contribution is 2.16. The predicted octanol–water partition coefficient (Wildman–Crippen LogP) is 0.821. The van der Waals surface area contributed by atoms with Crippen LogP contribution in [0.2, 0.25) is 0 Å². The molecular weight excluding hydrogens is 252 g/mol. The van der Waals surface area contributed by atoms with Crippen LogP contribution in [-0.4, -0.2) is 52.2 Å². The minimum atomic E-state index is -0.723. The topological polar surface area (TPSA) is 69.9 Å². The van der Waals surface area contributed by atoms with Gasteiger partial charge in [0.15, 0.2) is 0 Å². The lowest BCUT2D eigenvalue weighted by atomic mass is 10.2. The summed E-state index contributed by atoms with van der Waals surface area (Å²) in [7, 11) is 0. The molecule has 0 aliphatic heterocycles. The molecule has 1 rings (SSSR count). The van der Waals surface area contributed by atoms with Gasteiger partial charge in [-0.15, -0.1) is 0 Å². The molecule has 0 heterocycles. The first-order valence-electron chi connectivity index (χ1n) is 5.86. The number of rotatable bonds is 8. The summed E-state index contributed by atoms with van der Waals surface area (Å²) in [6.45, 7) is 1.93. The standard InChI is InChI=1S/C13H20O4S/c1-10-4-2-3-5-13(10)17-7-12(16)9-18-8-11(15)6-14/h2-5,11-12,14-16H,6-9H2,1H3. The van der Waals surface area contributed by atoms with Gasteiger partial charge in [-0.05, 0) is 18.6 Å². The van der Waals surface area contributed by atoms with E-state index in [4.69, 9.17) is 14.9 Å². The van der Waals surface area contributed by atoms with Gasteiger partial charge in [0.2, 0.25) is 0 Å². The maximum absolute atomic E-state index is 9.70. The number of benzene rings is 1. The number of ether oxygens (including phenoxy) is 1. The molecule has 0 saturated carbocycles. The maximum Gasteiger partial charge on any atom is 0.122 e. The molecule has 0 fully saturated rings. The van der Waals surface area contributed by atoms with Crippen LogP contribution in [0.15, 0.2) is 24.3 Å². The summed E-state index contributed by atoms with van der Waals surface area (Å²) in [4.78, 5) is 0. The predicted molar refractivity (Wildman–Crippen MR) is 73.1 cm³/mol. The van der Waals surface area contributed by atoms with E-state index < -0.39 is 12.2 Å². The zero-order chi connectivity index (χ0) is 13.4. The van der Waals surface area contributed by atoms with Gasteiger partial charge in [0, 0.05) is 11.5 Å². The van der Waals surface area contributed by atoms with Crippen LogP contribution in [0.25, 0.3) is 0 Å². The van der Waals surface area contributed by atoms with E-state index in [2.05, 4.69) is 0 Å². The van der Waals surface area contributed by atoms with E-state index in [1.54, 1.807) is 0 Å². The summed E-state index contributed by atoms with van der Waals surface area (Å²) >= 11 is 1.39. The number of aliphatic hydroxyl groups is 3. The van der Waals surface area contributed by atoms with Crippen molar-refractivity contribution >= 4 is 11.8 Å². The van der Waals surface area contributed by atoms with Gasteiger partial charge in [-0.1, -0.05) is 18.2 Å². The molecule has 0 spiro atoms. The van der Waals surface area contributed by atoms with Gasteiger partial charge in [0.05, 0.1) is 18.8 Å². The van der Waals surface area contributed by atoms with Crippen LogP contribution in [0.5, 0.6) is 5.75 Å². The van der Waals surface area contributed by atoms with Crippen molar-refractivity contribution in [3.05, 3.63) is 29.8 Å². The van der Waals surface area contributed by atoms with Crippen LogP contribution in [0.3, 0.4) is 0 Å². The van der Waals surface area contributed by atoms with E-state index in [-0.39, 0.29) is 13.2 Å². The summed E-state index contributed by atoms with van der Waals surface area (Å²) in [6, 6.07) is 7.64. The maximum atomic E-state index is 9.70. The quantitative estimate of drug-likeness (QED) is 0.653. The number of para-hydroxylation sites is 1. The molecule has 0 radical (unpaired) electrons. The summed E-state index contributed by atoms with van der Waals surface area (Å²) in [6.07, 6.45) is -1.31. The largest absolute Gasteiger partial charge is 0.491 e. The molecule has 0 amide bonds. The van der Waals surface area contributed by atoms with Crippen LogP contribution in [0, 0.1) is 6.92 Å². The van der Waals surface area contributed by atoms with E-state index in [0.29, 0.717) is 11.5 Å². The minimum Gasteiger partial charge on any atom is -0.491 e. The Morgan fingerprint density at radius 3 is 2.50 bits per heavy atom. The molecule has 1 aromatic carbocycles. The van der Waals surface area contributed by atoms with Crippen molar-refractivity contribution in [1.82, 2.24) is 0 Å². The Morgan fingerprint density at radius 1 is 1.17 bits per heavy atom. The monoisotopic (exact) mass is 272 g/mol. The fourth-order valence-corrected chi connectivity index (χ4v) is 2.23. The Morgan fingerprint density at radius 2 is 1.83 bits per heavy atom. The first-order chi connectivity index (χ1) is 8.63. The summed E-state index contributed by atoms with van der Waals surface area (Å²) in [5.74, 6) is 1.66. The van der Waals surface area contributed by atoms with E-state index in [1.165, 1.54) is 11.8 Å². The third kappa shape index (κ3) is 5.73. The molecule has 102 valence electrons. The van der Waals surface area contributed by atoms with E-state index in [1.807, 2.05) is 31.2 Å². The molecule has 1 aromatic rings. The van der Waals surface area contributed by atoms with Gasteiger partial charge in [-0.2, -0.15) is 11.8 Å². The zero-order valence-electron chi connectivity index (χ0n) is 10.5. The molecule has 2 atom stereocenters. The van der Waals surface area contributed by atoms with E-state index in [0.717, 1.165) is 11.3 Å². The van der Waals surface area contributed by atoms with Crippen LogP contribution < -0.4 is 4.74 Å². The molecule has 0 aliphatic rings. The smallest absolute Gasteiger partial charge is 0.122 e. The van der Waals surface area contributed by atoms with Gasteiger partial charge in [0.25, 0.3) is 0 Å². The Bertz CT molecular complexity index is 346. The second kappa shape index (κ2) is 8.37. The average molecular weight is 272 g/mol. The lowest BCUT2D eigenvalue weighted by Crippen LogP contribution is -2.22. The minimum absolute atomic E-state index is 0.229. The fraction of sp³-hybridized carbons (Fsp3) is 0.538. The van der Waals surface area contributed by atoms with Crippen LogP contribution in [0.1, 0.15) is 5.56 Å². The Kier molecular flexibility index (Phi) is 7.12. The van der Waals surface area contributed by atoms with Gasteiger partial charge >= 0.3 is 0 Å². The first kappa shape index (κ1) is 15.3. The number of hydrogen-bond donors (Lipinski definition) is 3. The van der Waals surface area contributed by atoms with Crippen molar-refractivity contribution in [3.63, 3.8) is 0 Å². The van der Waals surface area contributed by atoms with Crippen LogP contribution in [0.4, 0.5) is 0 Å². The van der Waals surface area contributed by atoms with Crippen molar-refractivity contribution in [2.45, 2.75) is 19.1 Å². The molecule has 3 N–H and O–H groups in total. The molecule has 0 saturated heterocycles. The third-order valence-corrected chi connectivity index (χ3v) is 3.60. The SMILES string of the molecule is Cc1ccccc1OCC(O)CSCC(O)CO. The Hall–Kier alpha value is -0.750. The molecule has 0 aliphatic carbocycles. The second-order valence-corrected chi connectivity index (χ2v) is 5.18. The molecule has 0 aromatic heterocycles. The highest BCUT2D eigenvalue weighted by atomic mass is 32.2. The summed E-state index contributed by atoms with van der Waals surface area (Å²) in [5.41, 5.74) is 1.04. The number of hydrogen-bond acceptors (Lipinski definition) is 5. The average Bonchev–Trinajstić information content (AvgIpc) is 2.37. The van der Waals surface area contributed by atoms with Crippen molar-refractivity contribution in [2.24, 2.45) is 0 Å². The molecule has 5 heteroatoms. The van der Waals surface area contributed by atoms with Crippen molar-refractivity contribution in [1.29, 1.82) is 0 Å². The molecule has 4 nitrogen and oxygen atoms in total. The number of thioether (sulfide) groups is 1. The highest BCUT2D eigenvalue weighted by Gasteiger charge is 2.08. The lowest BCUT2D eigenvalue weighted by molar-refractivity contribution is 0.112. The van der Waals surface area contributed by atoms with E-state index in [9.17, 15) is 5.11 Å². The first-order valence-corrected chi connectivity index (χ1v) is 7.02. The van der Waals surface area contributed by atoms with E-state index >= 15 is 0 Å². The van der Waals surface area contributed by atoms with Crippen molar-refractivity contribution in [3.8, 4) is 5.75 Å². The van der Waals surface area contributed by atoms with Crippen LogP contribution >= 0.6 is 11.8 Å². The second-order valence-electron chi connectivity index (χ2n) is 4.10. The van der Waals surface area contributed by atoms with Gasteiger partial charge in [-0.25, -0.2) is 0 Å². The van der Waals surface area contributed by atoms with Crippen LogP contribution in [-0.2, 0) is 0 Å². The van der Waals surface area contributed by atoms with Crippen molar-refractivity contribution < 1.29 is 20.1 Å². The third-order valence-electron chi connectivity index (χ3n) is 2.36. The summed E-state index contributed by atoms with van der Waals surface area (Å²) in [5, 5.41) is 27.5. The Labute approximate surface area is 112 Å². The molecule has 2 unspecified atom stereocenters. The summed E-state index contributed by atoms with van der Waals surface area (Å²) < 4.78 is 5.51. The molecule has 18 heavy (non-hydrogen) atoms. The normalized spacial score (nSPS) is 14.2. The number of aliphatic hydroxyl groups excluding tert-OH is 3. The lowest BCUT2D eigenvalue weighted by Gasteiger charge is -2.14. The Balaban J connectivity index is 2.21. The van der Waals surface area contributed by atoms with Gasteiger partial charge < -0.3 is 20.1 Å². The highest BCUT2D eigenvalue weighted by molar-refractivity contribution is 7.99. The van der Waals surface area contributed by atoms with Gasteiger partial charge in [-0.3, -0.25) is 0 Å².